The van der Waals surface area contributed by atoms with E-state index in [1.165, 1.54) is 7.11 Å². The number of nitrogens with two attached hydrogens (primary N) is 1. The van der Waals surface area contributed by atoms with Gasteiger partial charge in [-0.3, -0.25) is 14.5 Å². The second kappa shape index (κ2) is 6.59. The van der Waals surface area contributed by atoms with Gasteiger partial charge in [-0.05, 0) is 19.3 Å². The van der Waals surface area contributed by atoms with E-state index in [0.29, 0.717) is 6.42 Å². The minimum atomic E-state index is -0.364. The number of ether oxygens (including phenoxy) is 1. The number of carbonyl (C=O) groups is 2. The van der Waals surface area contributed by atoms with Crippen molar-refractivity contribution in [2.45, 2.75) is 51.1 Å². The van der Waals surface area contributed by atoms with Crippen molar-refractivity contribution in [1.29, 1.82) is 0 Å². The first-order chi connectivity index (χ1) is 8.10. The topological polar surface area (TPSA) is 72.6 Å². The molecule has 0 heterocycles. The summed E-state index contributed by atoms with van der Waals surface area (Å²) in [7, 11) is 1.36. The van der Waals surface area contributed by atoms with Crippen LogP contribution in [0.1, 0.15) is 39.0 Å². The predicted molar refractivity (Wildman–Crippen MR) is 64.3 cm³/mol. The average molecular weight is 242 g/mol. The van der Waals surface area contributed by atoms with Crippen molar-refractivity contribution in [3.05, 3.63) is 0 Å². The third-order valence-corrected chi connectivity index (χ3v) is 3.45. The van der Waals surface area contributed by atoms with Crippen molar-refractivity contribution in [2.75, 3.05) is 13.7 Å². The van der Waals surface area contributed by atoms with E-state index in [4.69, 9.17) is 5.73 Å². The Balaban J connectivity index is 2.75. The van der Waals surface area contributed by atoms with Gasteiger partial charge in [-0.15, -0.1) is 0 Å². The minimum Gasteiger partial charge on any atom is -0.468 e. The summed E-state index contributed by atoms with van der Waals surface area (Å²) >= 11 is 0. The van der Waals surface area contributed by atoms with Crippen LogP contribution < -0.4 is 5.73 Å². The van der Waals surface area contributed by atoms with Crippen LogP contribution in [-0.4, -0.2) is 42.5 Å². The van der Waals surface area contributed by atoms with Crippen LogP contribution in [0.15, 0.2) is 0 Å². The monoisotopic (exact) mass is 242 g/mol. The van der Waals surface area contributed by atoms with Gasteiger partial charge in [0.25, 0.3) is 0 Å². The molecule has 0 spiro atoms. The standard InChI is InChI=1S/C12H22N2O3/c1-3-10(12(13)16)14(8-11(15)17-2)9-6-4-5-7-9/h9-10H,3-8H2,1-2H3,(H2,13,16). The van der Waals surface area contributed by atoms with Crippen LogP contribution in [0.2, 0.25) is 0 Å². The van der Waals surface area contributed by atoms with Gasteiger partial charge in [0.15, 0.2) is 0 Å². The second-order valence-electron chi connectivity index (χ2n) is 4.51. The van der Waals surface area contributed by atoms with Gasteiger partial charge < -0.3 is 10.5 Å². The van der Waals surface area contributed by atoms with Crippen LogP contribution in [0, 0.1) is 0 Å². The Hall–Kier alpha value is -1.10. The maximum atomic E-state index is 11.4. The lowest BCUT2D eigenvalue weighted by Crippen LogP contribution is -2.51. The highest BCUT2D eigenvalue weighted by Gasteiger charge is 2.32. The molecule has 1 atom stereocenters. The fourth-order valence-electron chi connectivity index (χ4n) is 2.54. The molecule has 5 nitrogen and oxygen atoms in total. The number of amides is 1. The highest BCUT2D eigenvalue weighted by atomic mass is 16.5. The molecule has 1 fully saturated rings. The number of hydrogen-bond donors (Lipinski definition) is 1. The van der Waals surface area contributed by atoms with Crippen molar-refractivity contribution in [1.82, 2.24) is 4.90 Å². The molecule has 0 aromatic rings. The van der Waals surface area contributed by atoms with E-state index in [2.05, 4.69) is 4.74 Å². The van der Waals surface area contributed by atoms with Gasteiger partial charge >= 0.3 is 5.97 Å². The quantitative estimate of drug-likeness (QED) is 0.695. The molecule has 1 rings (SSSR count). The van der Waals surface area contributed by atoms with Gasteiger partial charge in [-0.25, -0.2) is 0 Å². The SMILES string of the molecule is CCC(C(N)=O)N(CC(=O)OC)C1CCCC1. The largest absolute Gasteiger partial charge is 0.468 e. The second-order valence-corrected chi connectivity index (χ2v) is 4.51. The molecule has 0 aliphatic heterocycles. The Kier molecular flexibility index (Phi) is 5.41. The average Bonchev–Trinajstić information content (AvgIpc) is 2.81. The molecule has 0 aromatic heterocycles. The van der Waals surface area contributed by atoms with Gasteiger partial charge in [0, 0.05) is 6.04 Å². The summed E-state index contributed by atoms with van der Waals surface area (Å²) in [5, 5.41) is 0. The molecular weight excluding hydrogens is 220 g/mol. The first-order valence-corrected chi connectivity index (χ1v) is 6.22. The fourth-order valence-corrected chi connectivity index (χ4v) is 2.54. The zero-order chi connectivity index (χ0) is 12.8. The number of carbonyl (C=O) groups excluding carboxylic acids is 2. The van der Waals surface area contributed by atoms with Gasteiger partial charge in [-0.1, -0.05) is 19.8 Å². The molecule has 1 saturated carbocycles. The van der Waals surface area contributed by atoms with E-state index in [1.54, 1.807) is 0 Å². The predicted octanol–water partition coefficient (Wildman–Crippen LogP) is 0.668. The number of nitrogens with zero attached hydrogens (tertiary/aromatic N) is 1. The van der Waals surface area contributed by atoms with E-state index < -0.39 is 0 Å². The highest BCUT2D eigenvalue weighted by Crippen LogP contribution is 2.25. The molecule has 98 valence electrons. The zero-order valence-electron chi connectivity index (χ0n) is 10.6. The molecule has 2 N–H and O–H groups in total. The van der Waals surface area contributed by atoms with Crippen LogP contribution in [0.25, 0.3) is 0 Å². The smallest absolute Gasteiger partial charge is 0.319 e. The molecule has 17 heavy (non-hydrogen) atoms. The molecule has 1 aliphatic rings. The normalized spacial score (nSPS) is 18.3. The van der Waals surface area contributed by atoms with Crippen molar-refractivity contribution in [3.63, 3.8) is 0 Å². The molecule has 1 amide bonds. The first kappa shape index (κ1) is 14.0. The Bertz CT molecular complexity index is 275. The number of primary amides is 1. The van der Waals surface area contributed by atoms with Gasteiger partial charge in [-0.2, -0.15) is 0 Å². The Labute approximate surface area is 102 Å². The zero-order valence-corrected chi connectivity index (χ0v) is 10.6. The number of hydrogen-bond acceptors (Lipinski definition) is 4. The van der Waals surface area contributed by atoms with E-state index in [1.807, 2.05) is 11.8 Å². The molecule has 0 radical (unpaired) electrons. The lowest BCUT2D eigenvalue weighted by atomic mass is 10.1. The van der Waals surface area contributed by atoms with E-state index in [9.17, 15) is 9.59 Å². The van der Waals surface area contributed by atoms with Crippen LogP contribution in [0.4, 0.5) is 0 Å². The van der Waals surface area contributed by atoms with E-state index >= 15 is 0 Å². The maximum absolute atomic E-state index is 11.4. The molecule has 1 unspecified atom stereocenters. The summed E-state index contributed by atoms with van der Waals surface area (Å²) in [5.41, 5.74) is 5.40. The van der Waals surface area contributed by atoms with Gasteiger partial charge in [0.2, 0.25) is 5.91 Å². The van der Waals surface area contributed by atoms with Crippen molar-refractivity contribution in [2.24, 2.45) is 5.73 Å². The summed E-state index contributed by atoms with van der Waals surface area (Å²) in [6, 6.07) is -0.0799. The summed E-state index contributed by atoms with van der Waals surface area (Å²) in [6.45, 7) is 2.07. The Morgan fingerprint density at radius 1 is 1.41 bits per heavy atom. The lowest BCUT2D eigenvalue weighted by Gasteiger charge is -2.33. The minimum absolute atomic E-state index is 0.155. The number of esters is 1. The number of rotatable bonds is 6. The Morgan fingerprint density at radius 3 is 2.41 bits per heavy atom. The summed E-state index contributed by atoms with van der Waals surface area (Å²) in [4.78, 5) is 24.8. The Morgan fingerprint density at radius 2 is 2.00 bits per heavy atom. The van der Waals surface area contributed by atoms with Crippen LogP contribution in [0.3, 0.4) is 0 Å². The molecule has 1 aliphatic carbocycles. The molecule has 0 aromatic carbocycles. The van der Waals surface area contributed by atoms with Crippen LogP contribution in [-0.2, 0) is 14.3 Å². The fraction of sp³-hybridized carbons (Fsp3) is 0.833. The molecule has 0 bridgehead atoms. The van der Waals surface area contributed by atoms with E-state index in [-0.39, 0.29) is 30.5 Å². The summed E-state index contributed by atoms with van der Waals surface area (Å²) in [5.74, 6) is -0.667. The summed E-state index contributed by atoms with van der Waals surface area (Å²) < 4.78 is 4.68. The maximum Gasteiger partial charge on any atom is 0.319 e. The van der Waals surface area contributed by atoms with Crippen LogP contribution in [0.5, 0.6) is 0 Å². The van der Waals surface area contributed by atoms with Crippen LogP contribution >= 0.6 is 0 Å². The third-order valence-electron chi connectivity index (χ3n) is 3.45. The van der Waals surface area contributed by atoms with Crippen molar-refractivity contribution in [3.8, 4) is 0 Å². The van der Waals surface area contributed by atoms with Gasteiger partial charge in [0.1, 0.15) is 0 Å². The van der Waals surface area contributed by atoms with Gasteiger partial charge in [0.05, 0.1) is 19.7 Å². The van der Waals surface area contributed by atoms with E-state index in [0.717, 1.165) is 25.7 Å². The molecule has 5 heteroatoms. The lowest BCUT2D eigenvalue weighted by molar-refractivity contribution is -0.144. The third kappa shape index (κ3) is 3.70. The first-order valence-electron chi connectivity index (χ1n) is 6.22. The van der Waals surface area contributed by atoms with Crippen molar-refractivity contribution < 1.29 is 14.3 Å². The summed E-state index contributed by atoms with van der Waals surface area (Å²) in [6.07, 6.45) is 4.99. The van der Waals surface area contributed by atoms with Crippen molar-refractivity contribution >= 4 is 11.9 Å². The molecule has 0 saturated heterocycles. The highest BCUT2D eigenvalue weighted by molar-refractivity contribution is 5.81. The molecular formula is C12H22N2O3. The number of methoxy groups -OCH3 is 1.